The second-order valence-electron chi connectivity index (χ2n) is 11.2. The molecule has 2 heteroatoms. The van der Waals surface area contributed by atoms with Crippen LogP contribution in [0.4, 0.5) is 0 Å². The fourth-order valence-corrected chi connectivity index (χ4v) is 6.52. The summed E-state index contributed by atoms with van der Waals surface area (Å²) < 4.78 is 0. The Bertz CT molecular complexity index is 2430. The molecule has 0 heterocycles. The van der Waals surface area contributed by atoms with Crippen molar-refractivity contribution in [2.75, 3.05) is 0 Å². The van der Waals surface area contributed by atoms with Crippen molar-refractivity contribution in [2.45, 2.75) is 0 Å². The molecule has 206 valence electrons. The lowest BCUT2D eigenvalue weighted by molar-refractivity contribution is 0.0815. The molecule has 0 N–H and O–H groups in total. The smallest absolute Gasteiger partial charge is 0.234 e. The highest BCUT2D eigenvalue weighted by Crippen LogP contribution is 2.20. The van der Waals surface area contributed by atoms with Crippen molar-refractivity contribution in [1.82, 2.24) is 0 Å². The summed E-state index contributed by atoms with van der Waals surface area (Å²) in [6, 6.07) is 44.1. The largest absolute Gasteiger partial charge is 0.285 e. The van der Waals surface area contributed by atoms with E-state index in [1.165, 1.54) is 0 Å². The molecule has 8 rings (SSSR count). The van der Waals surface area contributed by atoms with Gasteiger partial charge in [0.05, 0.1) is 0 Å². The van der Waals surface area contributed by atoms with Crippen LogP contribution in [0.3, 0.4) is 0 Å². The number of hydrogen-bond donors (Lipinski definition) is 0. The van der Waals surface area contributed by atoms with Gasteiger partial charge in [0.25, 0.3) is 0 Å². The van der Waals surface area contributed by atoms with E-state index >= 15 is 0 Å². The topological polar surface area (TPSA) is 34.1 Å². The van der Waals surface area contributed by atoms with Crippen LogP contribution in [0.2, 0.25) is 0 Å². The summed E-state index contributed by atoms with van der Waals surface area (Å²) in [4.78, 5) is 29.5. The third-order valence-electron chi connectivity index (χ3n) is 8.56. The molecule has 6 aromatic rings. The Morgan fingerprint density at radius 1 is 0.386 bits per heavy atom. The van der Waals surface area contributed by atoms with Gasteiger partial charge in [0.1, 0.15) is 0 Å². The molecule has 0 radical (unpaired) electrons. The van der Waals surface area contributed by atoms with E-state index in [9.17, 15) is 9.59 Å². The van der Waals surface area contributed by atoms with Crippen molar-refractivity contribution in [1.29, 1.82) is 0 Å². The Labute approximate surface area is 253 Å². The van der Waals surface area contributed by atoms with Crippen LogP contribution in [0.25, 0.3) is 24.3 Å². The number of ketones is 2. The Balaban J connectivity index is 1.41. The van der Waals surface area contributed by atoms with Crippen molar-refractivity contribution in [3.05, 3.63) is 209 Å². The first-order valence-electron chi connectivity index (χ1n) is 14.8. The van der Waals surface area contributed by atoms with E-state index in [2.05, 4.69) is 36.4 Å². The Morgan fingerprint density at radius 2 is 0.773 bits per heavy atom. The number of rotatable bonds is 5. The molecular weight excluding hydrogens is 536 g/mol. The quantitative estimate of drug-likeness (QED) is 0.212. The van der Waals surface area contributed by atoms with Gasteiger partial charge in [-0.05, 0) is 88.3 Å². The van der Waals surface area contributed by atoms with Crippen molar-refractivity contribution in [3.8, 4) is 0 Å². The van der Waals surface area contributed by atoms with Crippen LogP contribution in [-0.2, 0) is 0 Å². The van der Waals surface area contributed by atoms with E-state index in [0.29, 0.717) is 11.1 Å². The molecule has 0 unspecified atom stereocenters. The lowest BCUT2D eigenvalue weighted by Gasteiger charge is -2.10. The molecule has 0 fully saturated rings. The third-order valence-corrected chi connectivity index (χ3v) is 8.56. The van der Waals surface area contributed by atoms with E-state index in [0.717, 1.165) is 64.0 Å². The van der Waals surface area contributed by atoms with Crippen LogP contribution in [0.1, 0.15) is 43.0 Å². The summed E-state index contributed by atoms with van der Waals surface area (Å²) in [6.45, 7) is 0. The van der Waals surface area contributed by atoms with Gasteiger partial charge in [0, 0.05) is 11.1 Å². The van der Waals surface area contributed by atoms with Crippen molar-refractivity contribution >= 4 is 35.9 Å². The van der Waals surface area contributed by atoms with E-state index in [1.54, 1.807) is 0 Å². The number of Topliss-reactive ketones (excluding diaryl/α,β-unsaturated/α-hetero) is 2. The molecule has 0 aliphatic heterocycles. The molecule has 0 saturated carbocycles. The maximum atomic E-state index is 14.7. The third kappa shape index (κ3) is 4.28. The molecule has 2 aliphatic rings. The highest BCUT2D eigenvalue weighted by molar-refractivity contribution is 6.50. The number of hydrogen-bond acceptors (Lipinski definition) is 2. The second kappa shape index (κ2) is 10.4. The first-order valence-corrected chi connectivity index (χ1v) is 14.8. The molecule has 0 aromatic heterocycles. The Morgan fingerprint density at radius 3 is 1.20 bits per heavy atom. The first kappa shape index (κ1) is 25.8. The average Bonchev–Trinajstić information content (AvgIpc) is 3.63. The minimum atomic E-state index is -0.506. The molecule has 0 spiro atoms. The fourth-order valence-electron chi connectivity index (χ4n) is 6.52. The molecule has 0 amide bonds. The standard InChI is InChI=1S/C42H26O2/c43-41(39-31(23-27-11-3-1-4-12-27)19-21-35-33-17-9-7-15-29(33)25-37(35)39)42(44)40-32(24-28-13-5-2-6-14-28)20-22-36-34-18-10-8-16-30(34)26-38(36)40/h1-26H. The summed E-state index contributed by atoms with van der Waals surface area (Å²) >= 11 is 0. The van der Waals surface area contributed by atoms with Gasteiger partial charge in [-0.2, -0.15) is 0 Å². The Kier molecular flexibility index (Phi) is 6.13. The average molecular weight is 563 g/mol. The first-order chi connectivity index (χ1) is 21.7. The highest BCUT2D eigenvalue weighted by Gasteiger charge is 2.27. The van der Waals surface area contributed by atoms with E-state index < -0.39 is 11.6 Å². The van der Waals surface area contributed by atoms with Gasteiger partial charge >= 0.3 is 0 Å². The maximum Gasteiger partial charge on any atom is 0.234 e. The number of carbonyl (C=O) groups is 2. The van der Waals surface area contributed by atoms with Crippen molar-refractivity contribution in [3.63, 3.8) is 0 Å². The summed E-state index contributed by atoms with van der Waals surface area (Å²) in [7, 11) is 0. The van der Waals surface area contributed by atoms with Gasteiger partial charge in [-0.15, -0.1) is 0 Å². The number of carbonyl (C=O) groups excluding carboxylic acids is 2. The summed E-state index contributed by atoms with van der Waals surface area (Å²) in [6.07, 6.45) is 8.07. The minimum Gasteiger partial charge on any atom is -0.285 e. The zero-order valence-corrected chi connectivity index (χ0v) is 23.8. The summed E-state index contributed by atoms with van der Waals surface area (Å²) in [5, 5.41) is 7.62. The summed E-state index contributed by atoms with van der Waals surface area (Å²) in [5.74, 6) is -1.01. The van der Waals surface area contributed by atoms with Crippen LogP contribution in [0, 0.1) is 20.9 Å². The minimum absolute atomic E-state index is 0.436. The van der Waals surface area contributed by atoms with E-state index in [4.69, 9.17) is 0 Å². The van der Waals surface area contributed by atoms with Gasteiger partial charge in [0.15, 0.2) is 0 Å². The maximum absolute atomic E-state index is 14.7. The van der Waals surface area contributed by atoms with Gasteiger partial charge in [-0.25, -0.2) is 0 Å². The lowest BCUT2D eigenvalue weighted by atomic mass is 9.90. The van der Waals surface area contributed by atoms with Gasteiger partial charge in [0.2, 0.25) is 11.6 Å². The normalized spacial score (nSPS) is 12.9. The van der Waals surface area contributed by atoms with E-state index in [1.807, 2.05) is 121 Å². The number of benzene rings is 6. The van der Waals surface area contributed by atoms with Crippen LogP contribution < -0.4 is 20.9 Å². The van der Waals surface area contributed by atoms with Crippen molar-refractivity contribution in [2.24, 2.45) is 0 Å². The lowest BCUT2D eigenvalue weighted by Crippen LogP contribution is -2.29. The summed E-state index contributed by atoms with van der Waals surface area (Å²) in [5.41, 5.74) is 4.39. The molecule has 6 aromatic carbocycles. The Hall–Kier alpha value is -5.86. The van der Waals surface area contributed by atoms with Crippen LogP contribution in [0.15, 0.2) is 133 Å². The molecular formula is C42H26O2. The SMILES string of the molecule is O=C(C(=O)c1c2c(ccc1=Cc1ccccc1)=c1ccccc1=C2)c1c2c(ccc1=Cc1ccccc1)=c1ccccc1=C2. The predicted molar refractivity (Wildman–Crippen MR) is 175 cm³/mol. The molecule has 0 saturated heterocycles. The molecule has 0 bridgehead atoms. The monoisotopic (exact) mass is 562 g/mol. The zero-order chi connectivity index (χ0) is 29.6. The molecule has 2 aliphatic carbocycles. The van der Waals surface area contributed by atoms with Gasteiger partial charge in [-0.3, -0.25) is 9.59 Å². The van der Waals surface area contributed by atoms with Crippen LogP contribution >= 0.6 is 0 Å². The van der Waals surface area contributed by atoms with Gasteiger partial charge < -0.3 is 0 Å². The highest BCUT2D eigenvalue weighted by atomic mass is 16.2. The van der Waals surface area contributed by atoms with Gasteiger partial charge in [-0.1, -0.05) is 133 Å². The molecule has 2 nitrogen and oxygen atoms in total. The van der Waals surface area contributed by atoms with Crippen molar-refractivity contribution < 1.29 is 9.59 Å². The number of fused-ring (bicyclic) bond motifs is 4. The molecule has 44 heavy (non-hydrogen) atoms. The second-order valence-corrected chi connectivity index (χ2v) is 11.2. The zero-order valence-electron chi connectivity index (χ0n) is 23.8. The van der Waals surface area contributed by atoms with E-state index in [-0.39, 0.29) is 0 Å². The predicted octanol–water partition coefficient (Wildman–Crippen LogP) is 5.27. The van der Waals surface area contributed by atoms with Crippen LogP contribution in [-0.4, -0.2) is 11.6 Å². The van der Waals surface area contributed by atoms with Crippen LogP contribution in [0.5, 0.6) is 0 Å². The fraction of sp³-hybridized carbons (Fsp3) is 0. The molecule has 0 atom stereocenters.